The van der Waals surface area contributed by atoms with E-state index in [4.69, 9.17) is 17.2 Å². The number of esters is 1. The molecule has 12 heteroatoms. The second kappa shape index (κ2) is 14.4. The molecule has 0 aliphatic rings. The molecule has 182 valence electrons. The van der Waals surface area contributed by atoms with Crippen molar-refractivity contribution in [2.45, 2.75) is 44.3 Å². The van der Waals surface area contributed by atoms with E-state index in [1.165, 1.54) is 14.0 Å². The van der Waals surface area contributed by atoms with Crippen LogP contribution >= 0.6 is 0 Å². The molecule has 0 heterocycles. The Kier molecular flexibility index (Phi) is 11.9. The average Bonchev–Trinajstić information content (AvgIpc) is 2.79. The first-order chi connectivity index (χ1) is 15.6. The highest BCUT2D eigenvalue weighted by molar-refractivity contribution is 5.92. The predicted octanol–water partition coefficient (Wildman–Crippen LogP) is -2.11. The number of nitrogens with zero attached hydrogens (tertiary/aromatic N) is 1. The molecule has 0 aliphatic carbocycles. The van der Waals surface area contributed by atoms with Gasteiger partial charge in [-0.1, -0.05) is 30.3 Å². The van der Waals surface area contributed by atoms with Crippen molar-refractivity contribution in [3.8, 4) is 0 Å². The molecule has 0 aromatic heterocycles. The van der Waals surface area contributed by atoms with Crippen molar-refractivity contribution >= 4 is 29.7 Å². The fraction of sp³-hybridized carbons (Fsp3) is 0.476. The van der Waals surface area contributed by atoms with Crippen molar-refractivity contribution < 1.29 is 23.9 Å². The lowest BCUT2D eigenvalue weighted by Gasteiger charge is -2.21. The topological polar surface area (TPSA) is 204 Å². The lowest BCUT2D eigenvalue weighted by molar-refractivity contribution is -0.144. The molecule has 0 fully saturated rings. The van der Waals surface area contributed by atoms with E-state index in [9.17, 15) is 19.2 Å². The minimum absolute atomic E-state index is 0.0890. The number of rotatable bonds is 13. The molecule has 0 radical (unpaired) electrons. The first-order valence-electron chi connectivity index (χ1n) is 10.4. The Morgan fingerprint density at radius 2 is 1.73 bits per heavy atom. The van der Waals surface area contributed by atoms with Gasteiger partial charge in [0.15, 0.2) is 5.96 Å². The van der Waals surface area contributed by atoms with Crippen molar-refractivity contribution in [2.75, 3.05) is 20.2 Å². The Morgan fingerprint density at radius 1 is 1.06 bits per heavy atom. The molecule has 9 N–H and O–H groups in total. The highest BCUT2D eigenvalue weighted by Gasteiger charge is 2.25. The maximum atomic E-state index is 12.6. The summed E-state index contributed by atoms with van der Waals surface area (Å²) in [4.78, 5) is 52.5. The molecule has 12 nitrogen and oxygen atoms in total. The van der Waals surface area contributed by atoms with Crippen molar-refractivity contribution in [3.63, 3.8) is 0 Å². The van der Waals surface area contributed by atoms with Crippen molar-refractivity contribution in [3.05, 3.63) is 35.9 Å². The molecular formula is C21H33N7O5. The third-order valence-electron chi connectivity index (χ3n) is 4.57. The number of ether oxygens (including phenoxy) is 1. The Balaban J connectivity index is 2.63. The van der Waals surface area contributed by atoms with Crippen LogP contribution in [0, 0.1) is 0 Å². The summed E-state index contributed by atoms with van der Waals surface area (Å²) in [5, 5.41) is 7.48. The van der Waals surface area contributed by atoms with E-state index in [1.807, 2.05) is 30.3 Å². The summed E-state index contributed by atoms with van der Waals surface area (Å²) >= 11 is 0. The maximum Gasteiger partial charge on any atom is 0.328 e. The van der Waals surface area contributed by atoms with Gasteiger partial charge in [-0.2, -0.15) is 0 Å². The van der Waals surface area contributed by atoms with Gasteiger partial charge in [0.1, 0.15) is 12.1 Å². The molecule has 33 heavy (non-hydrogen) atoms. The smallest absolute Gasteiger partial charge is 0.328 e. The Morgan fingerprint density at radius 3 is 2.33 bits per heavy atom. The second-order valence-electron chi connectivity index (χ2n) is 7.34. The third kappa shape index (κ3) is 11.0. The van der Waals surface area contributed by atoms with Crippen molar-refractivity contribution in [1.29, 1.82) is 0 Å². The molecule has 0 spiro atoms. The van der Waals surface area contributed by atoms with Gasteiger partial charge < -0.3 is 37.9 Å². The van der Waals surface area contributed by atoms with Gasteiger partial charge in [-0.15, -0.1) is 0 Å². The highest BCUT2D eigenvalue weighted by atomic mass is 16.5. The zero-order valence-electron chi connectivity index (χ0n) is 18.9. The SMILES string of the molecule is COC(=O)[C@H](C)NC(=O)[C@H](CCCN=C(N)N)NC(=O)CNC(=O)[C@@H](N)Cc1ccccc1. The van der Waals surface area contributed by atoms with Crippen LogP contribution in [0.3, 0.4) is 0 Å². The monoisotopic (exact) mass is 463 g/mol. The Hall–Kier alpha value is -3.67. The number of benzene rings is 1. The number of carbonyl (C=O) groups is 4. The number of hydrogen-bond acceptors (Lipinski definition) is 7. The minimum atomic E-state index is -0.978. The van der Waals surface area contributed by atoms with Gasteiger partial charge in [-0.05, 0) is 31.7 Å². The number of methoxy groups -OCH3 is 1. The normalized spacial score (nSPS) is 13.1. The van der Waals surface area contributed by atoms with Crippen LogP contribution in [0.25, 0.3) is 0 Å². The average molecular weight is 464 g/mol. The van der Waals surface area contributed by atoms with Gasteiger partial charge in [0, 0.05) is 6.54 Å². The summed E-state index contributed by atoms with van der Waals surface area (Å²) in [6.07, 6.45) is 0.899. The molecule has 0 saturated carbocycles. The summed E-state index contributed by atoms with van der Waals surface area (Å²) < 4.78 is 4.58. The van der Waals surface area contributed by atoms with E-state index >= 15 is 0 Å². The molecule has 0 aliphatic heterocycles. The first-order valence-corrected chi connectivity index (χ1v) is 10.4. The van der Waals surface area contributed by atoms with E-state index in [0.29, 0.717) is 12.8 Å². The fourth-order valence-corrected chi connectivity index (χ4v) is 2.83. The largest absolute Gasteiger partial charge is 0.467 e. The Bertz CT molecular complexity index is 828. The van der Waals surface area contributed by atoms with Gasteiger partial charge in [0.05, 0.1) is 19.7 Å². The van der Waals surface area contributed by atoms with E-state index in [2.05, 4.69) is 25.7 Å². The molecule has 0 unspecified atom stereocenters. The van der Waals surface area contributed by atoms with Crippen LogP contribution in [0.2, 0.25) is 0 Å². The summed E-state index contributed by atoms with van der Waals surface area (Å²) in [5.41, 5.74) is 17.4. The third-order valence-corrected chi connectivity index (χ3v) is 4.57. The van der Waals surface area contributed by atoms with E-state index in [1.54, 1.807) is 0 Å². The summed E-state index contributed by atoms with van der Waals surface area (Å²) in [6.45, 7) is 1.33. The van der Waals surface area contributed by atoms with Gasteiger partial charge in [-0.25, -0.2) is 4.79 Å². The number of hydrogen-bond donors (Lipinski definition) is 6. The Labute approximate surface area is 192 Å². The maximum absolute atomic E-state index is 12.6. The van der Waals surface area contributed by atoms with E-state index in [0.717, 1.165) is 5.56 Å². The van der Waals surface area contributed by atoms with Crippen LogP contribution in [-0.4, -0.2) is 68.0 Å². The van der Waals surface area contributed by atoms with Crippen LogP contribution < -0.4 is 33.2 Å². The molecule has 1 aromatic carbocycles. The minimum Gasteiger partial charge on any atom is -0.467 e. The van der Waals surface area contributed by atoms with Crippen LogP contribution in [0.4, 0.5) is 0 Å². The van der Waals surface area contributed by atoms with Gasteiger partial charge in [0.2, 0.25) is 17.7 Å². The number of aliphatic imine (C=N–C) groups is 1. The summed E-state index contributed by atoms with van der Waals surface area (Å²) in [6, 6.07) is 6.51. The molecule has 1 aromatic rings. The molecule has 0 bridgehead atoms. The molecule has 1 rings (SSSR count). The number of guanidine groups is 1. The van der Waals surface area contributed by atoms with Gasteiger partial charge >= 0.3 is 5.97 Å². The number of carbonyl (C=O) groups excluding carboxylic acids is 4. The van der Waals surface area contributed by atoms with Crippen LogP contribution in [0.15, 0.2) is 35.3 Å². The molecule has 0 saturated heterocycles. The standard InChI is InChI=1S/C21H33N7O5/c1-13(20(32)33-2)27-19(31)16(9-6-10-25-21(23)24)28-17(29)12-26-18(30)15(22)11-14-7-4-3-5-8-14/h3-5,7-8,13,15-16H,6,9-12,22H2,1-2H3,(H,26,30)(H,27,31)(H,28,29)(H4,23,24,25)/t13-,15-,16-/m0/s1. The first kappa shape index (κ1) is 27.4. The fourth-order valence-electron chi connectivity index (χ4n) is 2.83. The molecule has 3 atom stereocenters. The zero-order valence-corrected chi connectivity index (χ0v) is 18.9. The van der Waals surface area contributed by atoms with Crippen LogP contribution in [0.5, 0.6) is 0 Å². The molecule has 3 amide bonds. The van der Waals surface area contributed by atoms with Crippen molar-refractivity contribution in [2.24, 2.45) is 22.2 Å². The predicted molar refractivity (Wildman–Crippen MR) is 123 cm³/mol. The van der Waals surface area contributed by atoms with Crippen LogP contribution in [0.1, 0.15) is 25.3 Å². The summed E-state index contributed by atoms with van der Waals surface area (Å²) in [7, 11) is 1.20. The van der Waals surface area contributed by atoms with Gasteiger partial charge in [-0.3, -0.25) is 19.4 Å². The van der Waals surface area contributed by atoms with E-state index < -0.39 is 41.8 Å². The van der Waals surface area contributed by atoms with Crippen LogP contribution in [-0.2, 0) is 30.3 Å². The molecular weight excluding hydrogens is 430 g/mol. The van der Waals surface area contributed by atoms with Gasteiger partial charge in [0.25, 0.3) is 0 Å². The lowest BCUT2D eigenvalue weighted by atomic mass is 10.1. The number of nitrogens with one attached hydrogen (secondary N) is 3. The lowest BCUT2D eigenvalue weighted by Crippen LogP contribution is -2.53. The second-order valence-corrected chi connectivity index (χ2v) is 7.34. The number of amides is 3. The number of nitrogens with two attached hydrogens (primary N) is 3. The zero-order chi connectivity index (χ0) is 24.8. The quantitative estimate of drug-likeness (QED) is 0.0824. The van der Waals surface area contributed by atoms with Crippen molar-refractivity contribution in [1.82, 2.24) is 16.0 Å². The van der Waals surface area contributed by atoms with E-state index in [-0.39, 0.29) is 25.5 Å². The summed E-state index contributed by atoms with van der Waals surface area (Å²) in [5.74, 6) is -2.40. The highest BCUT2D eigenvalue weighted by Crippen LogP contribution is 2.02.